The number of carbonyl (C=O) groups excluding carboxylic acids is 1. The highest BCUT2D eigenvalue weighted by molar-refractivity contribution is 7.86. The van der Waals surface area contributed by atoms with Gasteiger partial charge in [0, 0.05) is 25.3 Å². The minimum atomic E-state index is -3.68. The molecule has 29 heavy (non-hydrogen) atoms. The molecule has 1 heterocycles. The van der Waals surface area contributed by atoms with Crippen molar-refractivity contribution in [1.29, 1.82) is 0 Å². The highest BCUT2D eigenvalue weighted by Gasteiger charge is 2.34. The van der Waals surface area contributed by atoms with E-state index in [0.717, 1.165) is 33.5 Å². The molecule has 2 aromatic rings. The zero-order valence-corrected chi connectivity index (χ0v) is 18.3. The summed E-state index contributed by atoms with van der Waals surface area (Å²) in [5.74, 6) is -0.318. The zero-order valence-electron chi connectivity index (χ0n) is 17.5. The quantitative estimate of drug-likeness (QED) is 0.815. The van der Waals surface area contributed by atoms with Crippen molar-refractivity contribution in [3.05, 3.63) is 64.2 Å². The van der Waals surface area contributed by atoms with Gasteiger partial charge < -0.3 is 5.32 Å². The second kappa shape index (κ2) is 8.65. The molecule has 0 bridgehead atoms. The van der Waals surface area contributed by atoms with E-state index < -0.39 is 10.2 Å². The van der Waals surface area contributed by atoms with E-state index in [1.54, 1.807) is 0 Å². The Balaban J connectivity index is 1.71. The van der Waals surface area contributed by atoms with Gasteiger partial charge in [-0.2, -0.15) is 17.0 Å². The lowest BCUT2D eigenvalue weighted by Crippen LogP contribution is -2.51. The number of carbonyl (C=O) groups is 1. The summed E-state index contributed by atoms with van der Waals surface area (Å²) < 4.78 is 28.8. The molecule has 0 saturated carbocycles. The van der Waals surface area contributed by atoms with Gasteiger partial charge in [-0.25, -0.2) is 0 Å². The number of benzene rings is 2. The summed E-state index contributed by atoms with van der Waals surface area (Å²) in [6, 6.07) is 11.8. The number of hydrogen-bond acceptors (Lipinski definition) is 3. The van der Waals surface area contributed by atoms with Gasteiger partial charge in [-0.15, -0.1) is 0 Å². The SMILES string of the molecule is Cc1cccc(CN2CCCN(CC(=O)Nc3c(C)cc(C)cc3C)S2(=O)=O)c1. The Labute approximate surface area is 173 Å². The summed E-state index contributed by atoms with van der Waals surface area (Å²) in [6.07, 6.45) is 0.695. The van der Waals surface area contributed by atoms with E-state index in [1.165, 1.54) is 8.61 Å². The molecule has 2 aromatic carbocycles. The van der Waals surface area contributed by atoms with Crippen molar-refractivity contribution in [3.8, 4) is 0 Å². The van der Waals surface area contributed by atoms with Gasteiger partial charge in [0.15, 0.2) is 0 Å². The van der Waals surface area contributed by atoms with Crippen LogP contribution in [0.1, 0.15) is 34.2 Å². The molecule has 1 fully saturated rings. The number of anilines is 1. The zero-order chi connectivity index (χ0) is 21.2. The number of hydrogen-bond donors (Lipinski definition) is 1. The van der Waals surface area contributed by atoms with Gasteiger partial charge in [0.05, 0.1) is 6.54 Å². The Kier molecular flexibility index (Phi) is 6.41. The van der Waals surface area contributed by atoms with Gasteiger partial charge in [0.2, 0.25) is 5.91 Å². The molecule has 156 valence electrons. The maximum atomic E-state index is 13.0. The smallest absolute Gasteiger partial charge is 0.282 e. The standard InChI is InChI=1S/C22H29N3O3S/c1-16-7-5-8-20(13-16)14-24-9-6-10-25(29(24,27)28)15-21(26)23-22-18(3)11-17(2)12-19(22)4/h5,7-8,11-13H,6,9-10,14-15H2,1-4H3,(H,23,26). The van der Waals surface area contributed by atoms with Crippen molar-refractivity contribution in [2.45, 2.75) is 40.7 Å². The minimum absolute atomic E-state index is 0.181. The molecule has 1 aliphatic rings. The summed E-state index contributed by atoms with van der Waals surface area (Å²) in [6.45, 7) is 8.83. The van der Waals surface area contributed by atoms with E-state index in [4.69, 9.17) is 0 Å². The van der Waals surface area contributed by atoms with Crippen molar-refractivity contribution < 1.29 is 13.2 Å². The van der Waals surface area contributed by atoms with Crippen LogP contribution in [0.25, 0.3) is 0 Å². The van der Waals surface area contributed by atoms with Crippen LogP contribution >= 0.6 is 0 Å². The van der Waals surface area contributed by atoms with E-state index in [-0.39, 0.29) is 12.5 Å². The first-order chi connectivity index (χ1) is 13.7. The lowest BCUT2D eigenvalue weighted by molar-refractivity contribution is -0.116. The third-order valence-electron chi connectivity index (χ3n) is 5.17. The first kappa shape index (κ1) is 21.5. The van der Waals surface area contributed by atoms with Crippen LogP contribution in [0, 0.1) is 27.7 Å². The van der Waals surface area contributed by atoms with Crippen LogP contribution in [-0.4, -0.2) is 42.6 Å². The third kappa shape index (κ3) is 5.04. The first-order valence-corrected chi connectivity index (χ1v) is 11.2. The lowest BCUT2D eigenvalue weighted by atomic mass is 10.1. The maximum Gasteiger partial charge on any atom is 0.282 e. The Bertz CT molecular complexity index is 995. The second-order valence-electron chi connectivity index (χ2n) is 7.84. The van der Waals surface area contributed by atoms with Crippen LogP contribution in [0.3, 0.4) is 0 Å². The molecule has 0 radical (unpaired) electrons. The van der Waals surface area contributed by atoms with Gasteiger partial charge in [-0.3, -0.25) is 4.79 Å². The molecule has 0 aliphatic carbocycles. The summed E-state index contributed by atoms with van der Waals surface area (Å²) in [7, 11) is -3.68. The van der Waals surface area contributed by atoms with E-state index in [1.807, 2.05) is 64.1 Å². The summed E-state index contributed by atoms with van der Waals surface area (Å²) >= 11 is 0. The molecular weight excluding hydrogens is 386 g/mol. The predicted octanol–water partition coefficient (Wildman–Crippen LogP) is 3.31. The first-order valence-electron chi connectivity index (χ1n) is 9.85. The molecular formula is C22H29N3O3S. The number of nitrogens with zero attached hydrogens (tertiary/aromatic N) is 2. The topological polar surface area (TPSA) is 69.7 Å². The normalized spacial score (nSPS) is 17.2. The number of aryl methyl sites for hydroxylation is 4. The van der Waals surface area contributed by atoms with Crippen molar-refractivity contribution in [1.82, 2.24) is 8.61 Å². The molecule has 0 unspecified atom stereocenters. The van der Waals surface area contributed by atoms with E-state index >= 15 is 0 Å². The highest BCUT2D eigenvalue weighted by atomic mass is 32.2. The van der Waals surface area contributed by atoms with Gasteiger partial charge in [-0.1, -0.05) is 47.5 Å². The number of nitrogens with one attached hydrogen (secondary N) is 1. The summed E-state index contributed by atoms with van der Waals surface area (Å²) in [5.41, 5.74) is 5.87. The van der Waals surface area contributed by atoms with Gasteiger partial charge in [0.25, 0.3) is 10.2 Å². The molecule has 0 spiro atoms. The highest BCUT2D eigenvalue weighted by Crippen LogP contribution is 2.23. The number of rotatable bonds is 5. The fourth-order valence-corrected chi connectivity index (χ4v) is 5.51. The van der Waals surface area contributed by atoms with Crippen LogP contribution in [0.15, 0.2) is 36.4 Å². The number of amides is 1. The van der Waals surface area contributed by atoms with E-state index in [2.05, 4.69) is 5.32 Å². The Morgan fingerprint density at radius 3 is 2.28 bits per heavy atom. The molecule has 1 saturated heterocycles. The Hall–Kier alpha value is -2.22. The summed E-state index contributed by atoms with van der Waals surface area (Å²) in [5, 5.41) is 2.90. The third-order valence-corrected chi connectivity index (χ3v) is 7.10. The van der Waals surface area contributed by atoms with Crippen molar-refractivity contribution in [3.63, 3.8) is 0 Å². The minimum Gasteiger partial charge on any atom is -0.324 e. The summed E-state index contributed by atoms with van der Waals surface area (Å²) in [4.78, 5) is 12.6. The van der Waals surface area contributed by atoms with E-state index in [0.29, 0.717) is 26.1 Å². The Morgan fingerprint density at radius 2 is 1.62 bits per heavy atom. The molecule has 7 heteroatoms. The fourth-order valence-electron chi connectivity index (χ4n) is 3.87. The molecule has 3 rings (SSSR count). The Morgan fingerprint density at radius 1 is 0.966 bits per heavy atom. The van der Waals surface area contributed by atoms with E-state index in [9.17, 15) is 13.2 Å². The average Bonchev–Trinajstić information content (AvgIpc) is 2.62. The second-order valence-corrected chi connectivity index (χ2v) is 9.77. The van der Waals surface area contributed by atoms with Gasteiger partial charge >= 0.3 is 0 Å². The van der Waals surface area contributed by atoms with Crippen molar-refractivity contribution >= 4 is 21.8 Å². The van der Waals surface area contributed by atoms with Crippen LogP contribution in [-0.2, 0) is 21.5 Å². The van der Waals surface area contributed by atoms with Crippen LogP contribution < -0.4 is 5.32 Å². The monoisotopic (exact) mass is 415 g/mol. The predicted molar refractivity (Wildman–Crippen MR) is 116 cm³/mol. The molecule has 0 aromatic heterocycles. The van der Waals surface area contributed by atoms with Crippen molar-refractivity contribution in [2.24, 2.45) is 0 Å². The molecule has 1 N–H and O–H groups in total. The largest absolute Gasteiger partial charge is 0.324 e. The van der Waals surface area contributed by atoms with Gasteiger partial charge in [-0.05, 0) is 50.8 Å². The molecule has 1 amide bonds. The van der Waals surface area contributed by atoms with Crippen LogP contribution in [0.5, 0.6) is 0 Å². The fraction of sp³-hybridized carbons (Fsp3) is 0.409. The van der Waals surface area contributed by atoms with Crippen LogP contribution in [0.4, 0.5) is 5.69 Å². The van der Waals surface area contributed by atoms with Crippen molar-refractivity contribution in [2.75, 3.05) is 25.0 Å². The maximum absolute atomic E-state index is 13.0. The average molecular weight is 416 g/mol. The molecule has 6 nitrogen and oxygen atoms in total. The molecule has 1 aliphatic heterocycles. The molecule has 0 atom stereocenters. The van der Waals surface area contributed by atoms with Crippen LogP contribution in [0.2, 0.25) is 0 Å². The lowest BCUT2D eigenvalue weighted by Gasteiger charge is -2.34. The van der Waals surface area contributed by atoms with Gasteiger partial charge in [0.1, 0.15) is 0 Å².